The monoisotopic (exact) mass is 580 g/mol. The standard InChI is InChI=1S/C30H29FN2O7S/c1-36-24-16-27-38-18-30(17-24,40-27)21-13-22(31)15-23(14-21)37-12-11-26-33-28(19-5-3-2-4-6-19)29(39-26)20-7-9-25(10-8-20)41(32,34)35/h2-10,13-15,24,27H,11-12,16-18H2,1H3,(H2,32,34,35)/t24-,27+,30+/m1/s1. The smallest absolute Gasteiger partial charge is 0.238 e. The topological polar surface area (TPSA) is 123 Å². The van der Waals surface area contributed by atoms with Crippen molar-refractivity contribution in [3.05, 3.63) is 90.1 Å². The van der Waals surface area contributed by atoms with Crippen LogP contribution in [-0.4, -0.2) is 46.1 Å². The molecule has 41 heavy (non-hydrogen) atoms. The van der Waals surface area contributed by atoms with Crippen LogP contribution in [0.25, 0.3) is 22.6 Å². The average Bonchev–Trinajstić information content (AvgIpc) is 3.53. The Morgan fingerprint density at radius 2 is 1.85 bits per heavy atom. The molecule has 11 heteroatoms. The van der Waals surface area contributed by atoms with Gasteiger partial charge in [0.25, 0.3) is 0 Å². The van der Waals surface area contributed by atoms with E-state index >= 15 is 0 Å². The molecule has 9 nitrogen and oxygen atoms in total. The Morgan fingerprint density at radius 1 is 1.07 bits per heavy atom. The van der Waals surface area contributed by atoms with Gasteiger partial charge in [0.05, 0.1) is 30.6 Å². The molecule has 4 aromatic rings. The molecule has 214 valence electrons. The van der Waals surface area contributed by atoms with Crippen molar-refractivity contribution in [1.29, 1.82) is 0 Å². The highest BCUT2D eigenvalue weighted by Crippen LogP contribution is 2.45. The number of fused-ring (bicyclic) bond motifs is 2. The normalized spacial score (nSPS) is 22.1. The van der Waals surface area contributed by atoms with Crippen molar-refractivity contribution < 1.29 is 36.2 Å². The maximum atomic E-state index is 14.7. The van der Waals surface area contributed by atoms with E-state index in [2.05, 4.69) is 0 Å². The summed E-state index contributed by atoms with van der Waals surface area (Å²) < 4.78 is 67.6. The van der Waals surface area contributed by atoms with Gasteiger partial charge >= 0.3 is 0 Å². The Labute approximate surface area is 237 Å². The van der Waals surface area contributed by atoms with Crippen molar-refractivity contribution in [2.24, 2.45) is 5.14 Å². The van der Waals surface area contributed by atoms with Gasteiger partial charge in [0.15, 0.2) is 17.9 Å². The molecule has 3 aromatic carbocycles. The molecule has 2 bridgehead atoms. The molecule has 6 rings (SSSR count). The molecule has 0 amide bonds. The number of ether oxygens (including phenoxy) is 4. The predicted octanol–water partition coefficient (Wildman–Crippen LogP) is 4.79. The Morgan fingerprint density at radius 3 is 2.59 bits per heavy atom. The molecule has 2 N–H and O–H groups in total. The number of benzene rings is 3. The first kappa shape index (κ1) is 27.6. The lowest BCUT2D eigenvalue weighted by Crippen LogP contribution is -2.39. The zero-order valence-electron chi connectivity index (χ0n) is 22.3. The fourth-order valence-corrected chi connectivity index (χ4v) is 5.82. The Hall–Kier alpha value is -3.61. The highest BCUT2D eigenvalue weighted by molar-refractivity contribution is 7.89. The van der Waals surface area contributed by atoms with Gasteiger partial charge < -0.3 is 23.4 Å². The lowest BCUT2D eigenvalue weighted by Gasteiger charge is -2.35. The van der Waals surface area contributed by atoms with E-state index in [1.807, 2.05) is 30.3 Å². The third-order valence-electron chi connectivity index (χ3n) is 7.35. The van der Waals surface area contributed by atoms with E-state index in [4.69, 9.17) is 33.5 Å². The fourth-order valence-electron chi connectivity index (χ4n) is 5.30. The molecule has 2 saturated heterocycles. The van der Waals surface area contributed by atoms with Crippen molar-refractivity contribution in [2.75, 3.05) is 20.3 Å². The highest BCUT2D eigenvalue weighted by atomic mass is 32.2. The van der Waals surface area contributed by atoms with Crippen LogP contribution in [0.15, 0.2) is 82.1 Å². The van der Waals surface area contributed by atoms with Crippen LogP contribution < -0.4 is 9.88 Å². The van der Waals surface area contributed by atoms with Crippen LogP contribution >= 0.6 is 0 Å². The molecule has 0 spiro atoms. The maximum Gasteiger partial charge on any atom is 0.238 e. The first-order valence-corrected chi connectivity index (χ1v) is 14.7. The number of methoxy groups -OCH3 is 1. The van der Waals surface area contributed by atoms with Crippen molar-refractivity contribution in [3.8, 4) is 28.3 Å². The summed E-state index contributed by atoms with van der Waals surface area (Å²) in [7, 11) is -2.18. The van der Waals surface area contributed by atoms with E-state index in [0.717, 1.165) is 5.56 Å². The number of oxazole rings is 1. The fraction of sp³-hybridized carbons (Fsp3) is 0.300. The van der Waals surface area contributed by atoms with Crippen LogP contribution in [0.3, 0.4) is 0 Å². The number of hydrogen-bond acceptors (Lipinski definition) is 8. The summed E-state index contributed by atoms with van der Waals surface area (Å²) in [4.78, 5) is 4.70. The molecule has 0 unspecified atom stereocenters. The van der Waals surface area contributed by atoms with Gasteiger partial charge in [-0.1, -0.05) is 30.3 Å². The Kier molecular flexibility index (Phi) is 7.39. The first-order chi connectivity index (χ1) is 19.7. The maximum absolute atomic E-state index is 14.7. The van der Waals surface area contributed by atoms with Gasteiger partial charge in [-0.2, -0.15) is 0 Å². The molecule has 2 aliphatic heterocycles. The minimum absolute atomic E-state index is 0.000656. The number of halogens is 1. The second-order valence-electron chi connectivity index (χ2n) is 10.1. The van der Waals surface area contributed by atoms with Crippen LogP contribution in [0.2, 0.25) is 0 Å². The molecular formula is C30H29FN2O7S. The number of primary sulfonamides is 1. The number of rotatable bonds is 9. The molecule has 1 aromatic heterocycles. The van der Waals surface area contributed by atoms with E-state index in [-0.39, 0.29) is 23.9 Å². The summed E-state index contributed by atoms with van der Waals surface area (Å²) in [5.74, 6) is 0.813. The van der Waals surface area contributed by atoms with Crippen LogP contribution in [0.4, 0.5) is 4.39 Å². The van der Waals surface area contributed by atoms with E-state index in [1.54, 1.807) is 25.3 Å². The zero-order valence-corrected chi connectivity index (χ0v) is 23.1. The quantitative estimate of drug-likeness (QED) is 0.300. The number of hydrogen-bond donors (Lipinski definition) is 1. The largest absolute Gasteiger partial charge is 0.493 e. The predicted molar refractivity (Wildman–Crippen MR) is 147 cm³/mol. The van der Waals surface area contributed by atoms with Gasteiger partial charge in [-0.05, 0) is 42.0 Å². The van der Waals surface area contributed by atoms with E-state index in [1.165, 1.54) is 24.3 Å². The summed E-state index contributed by atoms with van der Waals surface area (Å²) in [5.41, 5.74) is 1.94. The number of sulfonamides is 1. The summed E-state index contributed by atoms with van der Waals surface area (Å²) in [5, 5.41) is 5.24. The van der Waals surface area contributed by atoms with Gasteiger partial charge in [0, 0.05) is 37.1 Å². The Bertz CT molecular complexity index is 1640. The van der Waals surface area contributed by atoms with Crippen LogP contribution in [-0.2, 0) is 36.3 Å². The molecular weight excluding hydrogens is 551 g/mol. The second kappa shape index (κ2) is 11.0. The summed E-state index contributed by atoms with van der Waals surface area (Å²) in [6.07, 6.45) is 1.08. The Balaban J connectivity index is 1.22. The summed E-state index contributed by atoms with van der Waals surface area (Å²) in [6, 6.07) is 20.2. The van der Waals surface area contributed by atoms with Crippen molar-refractivity contribution in [2.45, 2.75) is 42.2 Å². The zero-order chi connectivity index (χ0) is 28.6. The SMILES string of the molecule is CO[C@@H]1C[C@H]2OC[C@](c3cc(F)cc(OCCc4nc(-c5ccccc5)c(-c5ccc(S(N)(=O)=O)cc5)o4)c3)(C1)O2. The lowest BCUT2D eigenvalue weighted by molar-refractivity contribution is -0.162. The summed E-state index contributed by atoms with van der Waals surface area (Å²) >= 11 is 0. The summed E-state index contributed by atoms with van der Waals surface area (Å²) in [6.45, 7) is 0.495. The second-order valence-corrected chi connectivity index (χ2v) is 11.7. The van der Waals surface area contributed by atoms with Crippen LogP contribution in [0.5, 0.6) is 5.75 Å². The van der Waals surface area contributed by atoms with Gasteiger partial charge in [0.2, 0.25) is 10.0 Å². The third kappa shape index (κ3) is 5.77. The first-order valence-electron chi connectivity index (χ1n) is 13.2. The van der Waals surface area contributed by atoms with Gasteiger partial charge in [-0.3, -0.25) is 0 Å². The van der Waals surface area contributed by atoms with E-state index in [0.29, 0.717) is 60.1 Å². The lowest BCUT2D eigenvalue weighted by atomic mass is 9.86. The van der Waals surface area contributed by atoms with Crippen molar-refractivity contribution in [3.63, 3.8) is 0 Å². The number of aromatic nitrogens is 1. The van der Waals surface area contributed by atoms with Crippen LogP contribution in [0.1, 0.15) is 24.3 Å². The number of nitrogens with two attached hydrogens (primary N) is 1. The number of nitrogens with zero attached hydrogens (tertiary/aromatic N) is 1. The van der Waals surface area contributed by atoms with Gasteiger partial charge in [-0.25, -0.2) is 22.9 Å². The molecule has 0 aliphatic carbocycles. The van der Waals surface area contributed by atoms with Gasteiger partial charge in [0.1, 0.15) is 22.9 Å². The third-order valence-corrected chi connectivity index (χ3v) is 8.28. The minimum Gasteiger partial charge on any atom is -0.493 e. The van der Waals surface area contributed by atoms with Gasteiger partial charge in [-0.15, -0.1) is 0 Å². The average molecular weight is 581 g/mol. The minimum atomic E-state index is -3.83. The van der Waals surface area contributed by atoms with Crippen molar-refractivity contribution >= 4 is 10.0 Å². The van der Waals surface area contributed by atoms with E-state index in [9.17, 15) is 12.8 Å². The highest BCUT2D eigenvalue weighted by Gasteiger charge is 2.49. The van der Waals surface area contributed by atoms with E-state index < -0.39 is 21.4 Å². The molecule has 0 saturated carbocycles. The molecule has 3 heterocycles. The molecule has 2 fully saturated rings. The molecule has 0 radical (unpaired) electrons. The molecule has 3 atom stereocenters. The van der Waals surface area contributed by atoms with Crippen LogP contribution in [0, 0.1) is 5.82 Å². The molecule has 2 aliphatic rings. The van der Waals surface area contributed by atoms with Crippen molar-refractivity contribution in [1.82, 2.24) is 4.98 Å².